The molecule has 0 atom stereocenters. The molecule has 0 saturated carbocycles. The number of sulfonamides is 1. The number of benzene rings is 3. The van der Waals surface area contributed by atoms with Gasteiger partial charge in [0.05, 0.1) is 12.1 Å². The van der Waals surface area contributed by atoms with Crippen LogP contribution in [0.3, 0.4) is 0 Å². The topological polar surface area (TPSA) is 71.2 Å². The van der Waals surface area contributed by atoms with E-state index in [0.29, 0.717) is 6.42 Å². The summed E-state index contributed by atoms with van der Waals surface area (Å²) in [4.78, 5) is 3.38. The Labute approximate surface area is 180 Å². The first-order valence-corrected chi connectivity index (χ1v) is 11.3. The maximum Gasteiger partial charge on any atom is 0.242 e. The van der Waals surface area contributed by atoms with Gasteiger partial charge in [0.2, 0.25) is 10.0 Å². The number of methoxy groups -OCH3 is 1. The summed E-state index contributed by atoms with van der Waals surface area (Å²) in [7, 11) is -2.16. The normalized spacial score (nSPS) is 11.7. The van der Waals surface area contributed by atoms with Gasteiger partial charge in [-0.25, -0.2) is 13.1 Å². The first kappa shape index (κ1) is 20.5. The molecule has 0 bridgehead atoms. The van der Waals surface area contributed by atoms with Crippen LogP contribution in [0.2, 0.25) is 5.02 Å². The number of ether oxygens (including phenoxy) is 1. The quantitative estimate of drug-likeness (QED) is 0.424. The molecule has 0 amide bonds. The summed E-state index contributed by atoms with van der Waals surface area (Å²) in [6.45, 7) is 0.252. The van der Waals surface area contributed by atoms with E-state index >= 15 is 0 Å². The van der Waals surface area contributed by atoms with Crippen molar-refractivity contribution in [1.82, 2.24) is 9.71 Å². The van der Waals surface area contributed by atoms with Gasteiger partial charge in [0.25, 0.3) is 0 Å². The average Bonchev–Trinajstić information content (AvgIpc) is 3.18. The average molecular weight is 441 g/mol. The minimum atomic E-state index is -3.76. The van der Waals surface area contributed by atoms with Crippen LogP contribution in [0.1, 0.15) is 5.56 Å². The zero-order valence-electron chi connectivity index (χ0n) is 16.4. The van der Waals surface area contributed by atoms with Crippen molar-refractivity contribution in [2.75, 3.05) is 13.7 Å². The smallest absolute Gasteiger partial charge is 0.242 e. The molecule has 30 heavy (non-hydrogen) atoms. The van der Waals surface area contributed by atoms with Gasteiger partial charge in [0.15, 0.2) is 0 Å². The van der Waals surface area contributed by atoms with Gasteiger partial charge in [-0.3, -0.25) is 0 Å². The molecule has 0 spiro atoms. The van der Waals surface area contributed by atoms with Crippen LogP contribution in [-0.2, 0) is 16.4 Å². The monoisotopic (exact) mass is 440 g/mol. The summed E-state index contributed by atoms with van der Waals surface area (Å²) in [6.07, 6.45) is 0.537. The van der Waals surface area contributed by atoms with E-state index in [9.17, 15) is 8.42 Å². The molecule has 0 radical (unpaired) electrons. The number of para-hydroxylation sites is 1. The lowest BCUT2D eigenvalue weighted by atomic mass is 10.1. The second-order valence-corrected chi connectivity index (χ2v) is 9.06. The van der Waals surface area contributed by atoms with E-state index in [4.69, 9.17) is 16.3 Å². The van der Waals surface area contributed by atoms with Crippen LogP contribution in [0.4, 0.5) is 0 Å². The highest BCUT2D eigenvalue weighted by Gasteiger charge is 2.19. The van der Waals surface area contributed by atoms with Gasteiger partial charge >= 0.3 is 0 Å². The van der Waals surface area contributed by atoms with Crippen LogP contribution in [0.25, 0.3) is 22.2 Å². The van der Waals surface area contributed by atoms with Crippen LogP contribution in [0, 0.1) is 0 Å². The third-order valence-electron chi connectivity index (χ3n) is 4.90. The Morgan fingerprint density at radius 1 is 1.00 bits per heavy atom. The maximum atomic E-state index is 12.9. The molecule has 4 aromatic rings. The molecule has 0 saturated heterocycles. The molecule has 0 unspecified atom stereocenters. The van der Waals surface area contributed by atoms with Gasteiger partial charge in [-0.05, 0) is 53.9 Å². The van der Waals surface area contributed by atoms with E-state index in [0.717, 1.165) is 33.5 Å². The second-order valence-electron chi connectivity index (χ2n) is 6.91. The molecule has 0 aliphatic rings. The molecule has 4 rings (SSSR count). The van der Waals surface area contributed by atoms with Crippen LogP contribution in [-0.4, -0.2) is 27.1 Å². The van der Waals surface area contributed by atoms with Crippen LogP contribution in [0.15, 0.2) is 77.7 Å². The zero-order valence-corrected chi connectivity index (χ0v) is 17.9. The first-order chi connectivity index (χ1) is 14.5. The Morgan fingerprint density at radius 3 is 2.63 bits per heavy atom. The number of hydrogen-bond acceptors (Lipinski definition) is 3. The van der Waals surface area contributed by atoms with Gasteiger partial charge in [-0.1, -0.05) is 48.0 Å². The van der Waals surface area contributed by atoms with E-state index in [1.807, 2.05) is 60.7 Å². The Morgan fingerprint density at radius 2 is 1.83 bits per heavy atom. The Bertz CT molecular complexity index is 1270. The van der Waals surface area contributed by atoms with Crippen LogP contribution < -0.4 is 9.46 Å². The molecule has 0 fully saturated rings. The molecule has 3 aromatic carbocycles. The Balaban J connectivity index is 1.55. The van der Waals surface area contributed by atoms with Crippen molar-refractivity contribution < 1.29 is 13.2 Å². The SMILES string of the molecule is COc1cccc(CCNS(=O)(=O)c2cc(-c3cc4ccccc4[nH]3)ccc2Cl)c1. The molecule has 2 N–H and O–H groups in total. The van der Waals surface area contributed by atoms with Crippen LogP contribution >= 0.6 is 11.6 Å². The van der Waals surface area contributed by atoms with E-state index in [1.165, 1.54) is 0 Å². The van der Waals surface area contributed by atoms with E-state index in [-0.39, 0.29) is 16.5 Å². The van der Waals surface area contributed by atoms with Crippen molar-refractivity contribution in [3.63, 3.8) is 0 Å². The number of aromatic nitrogens is 1. The van der Waals surface area contributed by atoms with Gasteiger partial charge in [0, 0.05) is 23.1 Å². The van der Waals surface area contributed by atoms with Crippen LogP contribution in [0.5, 0.6) is 5.75 Å². The van der Waals surface area contributed by atoms with Crippen molar-refractivity contribution in [3.8, 4) is 17.0 Å². The number of nitrogens with one attached hydrogen (secondary N) is 2. The predicted octanol–water partition coefficient (Wildman–Crippen LogP) is 5.02. The minimum absolute atomic E-state index is 0.0611. The third kappa shape index (κ3) is 4.36. The summed E-state index contributed by atoms with van der Waals surface area (Å²) in [6, 6.07) is 22.4. The maximum absolute atomic E-state index is 12.9. The van der Waals surface area contributed by atoms with Crippen molar-refractivity contribution in [2.45, 2.75) is 11.3 Å². The van der Waals surface area contributed by atoms with Crippen molar-refractivity contribution >= 4 is 32.5 Å². The molecule has 1 heterocycles. The highest BCUT2D eigenvalue weighted by Crippen LogP contribution is 2.30. The molecule has 5 nitrogen and oxygen atoms in total. The number of aromatic amines is 1. The molecule has 0 aliphatic heterocycles. The van der Waals surface area contributed by atoms with Gasteiger partial charge in [-0.2, -0.15) is 0 Å². The van der Waals surface area contributed by atoms with E-state index in [1.54, 1.807) is 19.2 Å². The molecule has 1 aromatic heterocycles. The fourth-order valence-corrected chi connectivity index (χ4v) is 4.90. The van der Waals surface area contributed by atoms with Crippen molar-refractivity contribution in [2.24, 2.45) is 0 Å². The van der Waals surface area contributed by atoms with Gasteiger partial charge < -0.3 is 9.72 Å². The number of H-pyrrole nitrogens is 1. The number of rotatable bonds is 7. The summed E-state index contributed by atoms with van der Waals surface area (Å²) in [5.41, 5.74) is 3.56. The summed E-state index contributed by atoms with van der Waals surface area (Å²) in [5, 5.41) is 1.24. The molecule has 154 valence electrons. The standard InChI is InChI=1S/C23H21ClN2O3S/c1-29-19-7-4-5-16(13-19)11-12-25-30(27,28)23-15-18(9-10-20(23)24)22-14-17-6-2-3-8-21(17)26-22/h2-10,13-15,25-26H,11-12H2,1H3. The molecule has 0 aliphatic carbocycles. The first-order valence-electron chi connectivity index (χ1n) is 9.46. The summed E-state index contributed by atoms with van der Waals surface area (Å²) >= 11 is 6.24. The molecular formula is C23H21ClN2O3S. The van der Waals surface area contributed by atoms with E-state index in [2.05, 4.69) is 9.71 Å². The number of fused-ring (bicyclic) bond motifs is 1. The lowest BCUT2D eigenvalue weighted by Crippen LogP contribution is -2.26. The van der Waals surface area contributed by atoms with E-state index < -0.39 is 10.0 Å². The highest BCUT2D eigenvalue weighted by molar-refractivity contribution is 7.89. The largest absolute Gasteiger partial charge is 0.497 e. The van der Waals surface area contributed by atoms with Gasteiger partial charge in [-0.15, -0.1) is 0 Å². The fraction of sp³-hybridized carbons (Fsp3) is 0.130. The minimum Gasteiger partial charge on any atom is -0.497 e. The second kappa shape index (κ2) is 8.52. The van der Waals surface area contributed by atoms with Crippen molar-refractivity contribution in [3.05, 3.63) is 83.4 Å². The Kier molecular flexibility index (Phi) is 5.81. The third-order valence-corrected chi connectivity index (χ3v) is 6.84. The molecule has 7 heteroatoms. The fourth-order valence-electron chi connectivity index (χ4n) is 3.34. The van der Waals surface area contributed by atoms with Gasteiger partial charge in [0.1, 0.15) is 10.6 Å². The lowest BCUT2D eigenvalue weighted by Gasteiger charge is -2.10. The Hall–Kier alpha value is -2.80. The zero-order chi connectivity index (χ0) is 21.1. The number of halogens is 1. The summed E-state index contributed by atoms with van der Waals surface area (Å²) in [5.74, 6) is 0.740. The highest BCUT2D eigenvalue weighted by atomic mass is 35.5. The van der Waals surface area contributed by atoms with Crippen molar-refractivity contribution in [1.29, 1.82) is 0 Å². The summed E-state index contributed by atoms with van der Waals surface area (Å²) < 4.78 is 33.6. The number of hydrogen-bond donors (Lipinski definition) is 2. The predicted molar refractivity (Wildman–Crippen MR) is 121 cm³/mol. The lowest BCUT2D eigenvalue weighted by molar-refractivity contribution is 0.414. The molecular weight excluding hydrogens is 420 g/mol.